The van der Waals surface area contributed by atoms with Gasteiger partial charge in [0, 0.05) is 39.1 Å². The Labute approximate surface area is 146 Å². The van der Waals surface area contributed by atoms with Crippen LogP contribution in [0.4, 0.5) is 0 Å². The Balaban J connectivity index is 1.45. The van der Waals surface area contributed by atoms with Gasteiger partial charge in [-0.15, -0.1) is 0 Å². The summed E-state index contributed by atoms with van der Waals surface area (Å²) in [6.45, 7) is 2.89. The van der Waals surface area contributed by atoms with Gasteiger partial charge in [-0.1, -0.05) is 6.07 Å². The van der Waals surface area contributed by atoms with Crippen molar-refractivity contribution in [2.24, 2.45) is 5.92 Å². The van der Waals surface area contributed by atoms with Crippen molar-refractivity contribution >= 4 is 11.8 Å². The third kappa shape index (κ3) is 3.28. The van der Waals surface area contributed by atoms with Crippen LogP contribution < -0.4 is 14.8 Å². The molecular formula is C18H23N3O4. The molecule has 0 aromatic heterocycles. The lowest BCUT2D eigenvalue weighted by Gasteiger charge is -2.40. The molecule has 4 rings (SSSR count). The first-order valence-corrected chi connectivity index (χ1v) is 8.78. The van der Waals surface area contributed by atoms with Crippen molar-refractivity contribution in [3.63, 3.8) is 0 Å². The summed E-state index contributed by atoms with van der Waals surface area (Å²) >= 11 is 0. The summed E-state index contributed by atoms with van der Waals surface area (Å²) in [6.07, 6.45) is 1.91. The quantitative estimate of drug-likeness (QED) is 0.865. The number of hydrogen-bond acceptors (Lipinski definition) is 5. The second kappa shape index (κ2) is 6.55. The van der Waals surface area contributed by atoms with Gasteiger partial charge in [-0.3, -0.25) is 14.5 Å². The topological polar surface area (TPSA) is 71.1 Å². The number of carbonyl (C=O) groups excluding carboxylic acids is 2. The molecule has 1 unspecified atom stereocenters. The van der Waals surface area contributed by atoms with Crippen LogP contribution in [-0.4, -0.2) is 61.1 Å². The zero-order valence-corrected chi connectivity index (χ0v) is 14.4. The highest BCUT2D eigenvalue weighted by Crippen LogP contribution is 2.34. The van der Waals surface area contributed by atoms with Crippen molar-refractivity contribution in [1.82, 2.24) is 15.1 Å². The Morgan fingerprint density at radius 3 is 2.76 bits per heavy atom. The Morgan fingerprint density at radius 2 is 2.00 bits per heavy atom. The number of ether oxygens (including phenoxy) is 2. The normalized spacial score (nSPS) is 22.8. The van der Waals surface area contributed by atoms with E-state index < -0.39 is 6.04 Å². The molecule has 0 spiro atoms. The Hall–Kier alpha value is -2.28. The van der Waals surface area contributed by atoms with E-state index in [9.17, 15) is 9.59 Å². The maximum absolute atomic E-state index is 12.5. The second-order valence-electron chi connectivity index (χ2n) is 6.86. The van der Waals surface area contributed by atoms with Crippen LogP contribution in [0.25, 0.3) is 0 Å². The van der Waals surface area contributed by atoms with Gasteiger partial charge < -0.3 is 19.7 Å². The van der Waals surface area contributed by atoms with E-state index in [0.717, 1.165) is 43.0 Å². The molecule has 2 fully saturated rings. The van der Waals surface area contributed by atoms with Crippen LogP contribution in [0, 0.1) is 5.92 Å². The summed E-state index contributed by atoms with van der Waals surface area (Å²) in [4.78, 5) is 28.8. The lowest BCUT2D eigenvalue weighted by atomic mass is 10.1. The predicted molar refractivity (Wildman–Crippen MR) is 90.1 cm³/mol. The van der Waals surface area contributed by atoms with Gasteiger partial charge in [-0.05, 0) is 30.5 Å². The zero-order valence-electron chi connectivity index (χ0n) is 14.4. The summed E-state index contributed by atoms with van der Waals surface area (Å²) in [5.41, 5.74) is 1.11. The van der Waals surface area contributed by atoms with Gasteiger partial charge in [0.15, 0.2) is 11.5 Å². The van der Waals surface area contributed by atoms with E-state index in [1.807, 2.05) is 18.2 Å². The monoisotopic (exact) mass is 345 g/mol. The van der Waals surface area contributed by atoms with E-state index in [2.05, 4.69) is 10.2 Å². The molecule has 0 bridgehead atoms. The molecule has 7 nitrogen and oxygen atoms in total. The van der Waals surface area contributed by atoms with Crippen LogP contribution in [0.1, 0.15) is 18.4 Å². The van der Waals surface area contributed by atoms with E-state index in [1.165, 1.54) is 0 Å². The van der Waals surface area contributed by atoms with Gasteiger partial charge in [-0.2, -0.15) is 0 Å². The van der Waals surface area contributed by atoms with Crippen LogP contribution >= 0.6 is 0 Å². The van der Waals surface area contributed by atoms with E-state index in [-0.39, 0.29) is 24.5 Å². The average Bonchev–Trinajstić information content (AvgIpc) is 3.38. The first kappa shape index (κ1) is 16.2. The molecule has 1 N–H and O–H groups in total. The van der Waals surface area contributed by atoms with E-state index >= 15 is 0 Å². The lowest BCUT2D eigenvalue weighted by Crippen LogP contribution is -2.60. The Bertz CT molecular complexity index is 689. The van der Waals surface area contributed by atoms with Crippen LogP contribution in [0.2, 0.25) is 0 Å². The minimum Gasteiger partial charge on any atom is -0.454 e. The highest BCUT2D eigenvalue weighted by atomic mass is 16.7. The number of nitrogens with one attached hydrogen (secondary N) is 1. The number of fused-ring (bicyclic) bond motifs is 1. The Morgan fingerprint density at radius 1 is 1.20 bits per heavy atom. The minimum atomic E-state index is -0.416. The molecule has 25 heavy (non-hydrogen) atoms. The van der Waals surface area contributed by atoms with Crippen molar-refractivity contribution in [3.8, 4) is 11.5 Å². The molecule has 3 aliphatic rings. The smallest absolute Gasteiger partial charge is 0.243 e. The molecule has 7 heteroatoms. The highest BCUT2D eigenvalue weighted by molar-refractivity contribution is 5.89. The summed E-state index contributed by atoms with van der Waals surface area (Å²) in [5, 5.41) is 2.70. The van der Waals surface area contributed by atoms with Crippen molar-refractivity contribution < 1.29 is 19.1 Å². The van der Waals surface area contributed by atoms with Crippen molar-refractivity contribution in [2.75, 3.05) is 33.5 Å². The molecule has 1 aromatic rings. The van der Waals surface area contributed by atoms with Crippen LogP contribution in [0.5, 0.6) is 11.5 Å². The fraction of sp³-hybridized carbons (Fsp3) is 0.556. The SMILES string of the molecule is CNC(=O)C1CN(Cc2ccc3c(c2)OCO3)CCN1C(=O)C1CC1. The van der Waals surface area contributed by atoms with E-state index in [0.29, 0.717) is 13.1 Å². The molecule has 1 aromatic carbocycles. The summed E-state index contributed by atoms with van der Waals surface area (Å²) in [7, 11) is 1.62. The first-order chi connectivity index (χ1) is 12.2. The fourth-order valence-corrected chi connectivity index (χ4v) is 3.50. The predicted octanol–water partition coefficient (Wildman–Crippen LogP) is 0.584. The minimum absolute atomic E-state index is 0.0932. The zero-order chi connectivity index (χ0) is 17.4. The molecule has 1 aliphatic carbocycles. The molecule has 2 amide bonds. The number of benzene rings is 1. The molecule has 2 heterocycles. The highest BCUT2D eigenvalue weighted by Gasteiger charge is 2.41. The molecule has 1 atom stereocenters. The van der Waals surface area contributed by atoms with E-state index in [1.54, 1.807) is 11.9 Å². The largest absolute Gasteiger partial charge is 0.454 e. The second-order valence-corrected chi connectivity index (χ2v) is 6.86. The number of hydrogen-bond donors (Lipinski definition) is 1. The van der Waals surface area contributed by atoms with Gasteiger partial charge in [0.25, 0.3) is 0 Å². The lowest BCUT2D eigenvalue weighted by molar-refractivity contribution is -0.144. The van der Waals surface area contributed by atoms with Gasteiger partial charge in [0.2, 0.25) is 18.6 Å². The van der Waals surface area contributed by atoms with Gasteiger partial charge in [-0.25, -0.2) is 0 Å². The number of carbonyl (C=O) groups is 2. The summed E-state index contributed by atoms with van der Waals surface area (Å²) in [6, 6.07) is 5.50. The van der Waals surface area contributed by atoms with Crippen molar-refractivity contribution in [2.45, 2.75) is 25.4 Å². The fourth-order valence-electron chi connectivity index (χ4n) is 3.50. The van der Waals surface area contributed by atoms with Gasteiger partial charge in [0.1, 0.15) is 6.04 Å². The van der Waals surface area contributed by atoms with Gasteiger partial charge in [0.05, 0.1) is 0 Å². The number of nitrogens with zero attached hydrogens (tertiary/aromatic N) is 2. The summed E-state index contributed by atoms with van der Waals surface area (Å²) < 4.78 is 10.8. The molecular weight excluding hydrogens is 322 g/mol. The first-order valence-electron chi connectivity index (χ1n) is 8.78. The van der Waals surface area contributed by atoms with Gasteiger partial charge >= 0.3 is 0 Å². The number of amides is 2. The van der Waals surface area contributed by atoms with E-state index in [4.69, 9.17) is 9.47 Å². The van der Waals surface area contributed by atoms with Crippen LogP contribution in [0.3, 0.4) is 0 Å². The summed E-state index contributed by atoms with van der Waals surface area (Å²) in [5.74, 6) is 1.71. The third-order valence-corrected chi connectivity index (χ3v) is 5.07. The molecule has 2 aliphatic heterocycles. The van der Waals surface area contributed by atoms with Crippen molar-refractivity contribution in [1.29, 1.82) is 0 Å². The number of likely N-dealkylation sites (N-methyl/N-ethyl adjacent to an activating group) is 1. The number of piperazine rings is 1. The molecule has 0 radical (unpaired) electrons. The Kier molecular flexibility index (Phi) is 4.25. The maximum Gasteiger partial charge on any atom is 0.243 e. The van der Waals surface area contributed by atoms with Crippen LogP contribution in [0.15, 0.2) is 18.2 Å². The standard InChI is InChI=1S/C18H23N3O4/c1-19-17(22)14-10-20(6-7-21(14)18(23)13-3-4-13)9-12-2-5-15-16(8-12)25-11-24-15/h2,5,8,13-14H,3-4,6-7,9-11H2,1H3,(H,19,22). The molecule has 134 valence electrons. The molecule has 1 saturated heterocycles. The maximum atomic E-state index is 12.5. The van der Waals surface area contributed by atoms with Crippen LogP contribution in [-0.2, 0) is 16.1 Å². The molecule has 1 saturated carbocycles. The number of rotatable bonds is 4. The third-order valence-electron chi connectivity index (χ3n) is 5.07. The average molecular weight is 345 g/mol. The van der Waals surface area contributed by atoms with Crippen molar-refractivity contribution in [3.05, 3.63) is 23.8 Å².